The third kappa shape index (κ3) is 4.12. The summed E-state index contributed by atoms with van der Waals surface area (Å²) in [5.41, 5.74) is 5.51. The van der Waals surface area contributed by atoms with E-state index in [1.807, 2.05) is 50.0 Å². The van der Waals surface area contributed by atoms with Gasteiger partial charge in [0.2, 0.25) is 0 Å². The molecule has 1 N–H and O–H groups in total. The quantitative estimate of drug-likeness (QED) is 0.920. The van der Waals surface area contributed by atoms with Gasteiger partial charge in [-0.1, -0.05) is 19.1 Å². The zero-order chi connectivity index (χ0) is 17.0. The first-order valence-corrected chi connectivity index (χ1v) is 8.02. The van der Waals surface area contributed by atoms with Crippen LogP contribution in [0.15, 0.2) is 24.3 Å². The number of anilines is 1. The van der Waals surface area contributed by atoms with Gasteiger partial charge in [-0.2, -0.15) is 5.10 Å². The lowest BCUT2D eigenvalue weighted by molar-refractivity contribution is 0.223. The Morgan fingerprint density at radius 2 is 1.91 bits per heavy atom. The molecule has 5 heteroatoms. The van der Waals surface area contributed by atoms with E-state index < -0.39 is 0 Å². The molecule has 2 amide bonds. The van der Waals surface area contributed by atoms with E-state index in [4.69, 9.17) is 0 Å². The van der Waals surface area contributed by atoms with Crippen molar-refractivity contribution in [1.82, 2.24) is 14.7 Å². The van der Waals surface area contributed by atoms with Gasteiger partial charge in [0, 0.05) is 32.0 Å². The molecule has 0 bridgehead atoms. The highest BCUT2D eigenvalue weighted by Crippen LogP contribution is 2.14. The fourth-order valence-corrected chi connectivity index (χ4v) is 2.60. The van der Waals surface area contributed by atoms with Crippen molar-refractivity contribution >= 4 is 11.7 Å². The van der Waals surface area contributed by atoms with E-state index in [0.717, 1.165) is 29.9 Å². The predicted octanol–water partition coefficient (Wildman–Crippen LogP) is 3.31. The van der Waals surface area contributed by atoms with Crippen LogP contribution in [-0.4, -0.2) is 34.3 Å². The summed E-state index contributed by atoms with van der Waals surface area (Å²) in [6, 6.07) is 7.88. The number of nitrogens with zero attached hydrogens (tertiary/aromatic N) is 3. The number of urea groups is 1. The van der Waals surface area contributed by atoms with Crippen LogP contribution in [0.4, 0.5) is 10.5 Å². The zero-order valence-corrected chi connectivity index (χ0v) is 14.7. The van der Waals surface area contributed by atoms with Crippen LogP contribution in [0.1, 0.15) is 29.4 Å². The van der Waals surface area contributed by atoms with Crippen molar-refractivity contribution in [3.63, 3.8) is 0 Å². The lowest BCUT2D eigenvalue weighted by atomic mass is 10.1. The monoisotopic (exact) mass is 314 g/mol. The highest BCUT2D eigenvalue weighted by molar-refractivity contribution is 5.89. The number of carbonyl (C=O) groups excluding carboxylic acids is 1. The van der Waals surface area contributed by atoms with Crippen molar-refractivity contribution in [2.45, 2.75) is 33.6 Å². The maximum absolute atomic E-state index is 12.3. The van der Waals surface area contributed by atoms with Gasteiger partial charge >= 0.3 is 6.03 Å². The summed E-state index contributed by atoms with van der Waals surface area (Å²) in [5.74, 6) is 0. The molecule has 0 fully saturated rings. The molecule has 0 saturated heterocycles. The summed E-state index contributed by atoms with van der Waals surface area (Å²) in [6.07, 6.45) is 1.81. The standard InChI is InChI=1S/C18H26N4O/c1-6-15-7-9-16(10-8-15)19-18(23)21(4)12-11-17-13(2)20-22(5)14(17)3/h7-10H,6,11-12H2,1-5H3,(H,19,23). The van der Waals surface area contributed by atoms with Gasteiger partial charge in [0.1, 0.15) is 0 Å². The van der Waals surface area contributed by atoms with Crippen LogP contribution in [0.5, 0.6) is 0 Å². The molecule has 124 valence electrons. The minimum absolute atomic E-state index is 0.0894. The van der Waals surface area contributed by atoms with Gasteiger partial charge in [-0.25, -0.2) is 4.79 Å². The smallest absolute Gasteiger partial charge is 0.321 e. The minimum Gasteiger partial charge on any atom is -0.327 e. The highest BCUT2D eigenvalue weighted by Gasteiger charge is 2.13. The van der Waals surface area contributed by atoms with Crippen LogP contribution in [0.25, 0.3) is 0 Å². The molecule has 0 saturated carbocycles. The van der Waals surface area contributed by atoms with Gasteiger partial charge in [0.25, 0.3) is 0 Å². The molecule has 1 aromatic carbocycles. The van der Waals surface area contributed by atoms with Crippen molar-refractivity contribution in [2.24, 2.45) is 7.05 Å². The van der Waals surface area contributed by atoms with E-state index >= 15 is 0 Å². The van der Waals surface area contributed by atoms with Gasteiger partial charge in [0.15, 0.2) is 0 Å². The number of aromatic nitrogens is 2. The van der Waals surface area contributed by atoms with E-state index in [-0.39, 0.29) is 6.03 Å². The van der Waals surface area contributed by atoms with Gasteiger partial charge in [-0.3, -0.25) is 4.68 Å². The molecule has 2 rings (SSSR count). The Kier molecular flexibility index (Phi) is 5.42. The van der Waals surface area contributed by atoms with E-state index in [0.29, 0.717) is 6.54 Å². The molecular weight excluding hydrogens is 288 g/mol. The van der Waals surface area contributed by atoms with Gasteiger partial charge in [-0.15, -0.1) is 0 Å². The van der Waals surface area contributed by atoms with Gasteiger partial charge < -0.3 is 10.2 Å². The zero-order valence-electron chi connectivity index (χ0n) is 14.7. The Morgan fingerprint density at radius 3 is 2.43 bits per heavy atom. The largest absolute Gasteiger partial charge is 0.327 e. The number of hydrogen-bond acceptors (Lipinski definition) is 2. The number of hydrogen-bond donors (Lipinski definition) is 1. The molecule has 1 heterocycles. The second-order valence-corrected chi connectivity index (χ2v) is 5.93. The molecule has 1 aromatic heterocycles. The van der Waals surface area contributed by atoms with Gasteiger partial charge in [0.05, 0.1) is 5.69 Å². The number of carbonyl (C=O) groups is 1. The van der Waals surface area contributed by atoms with E-state index in [1.54, 1.807) is 4.90 Å². The average molecular weight is 314 g/mol. The van der Waals surface area contributed by atoms with Crippen LogP contribution in [0.3, 0.4) is 0 Å². The number of likely N-dealkylation sites (N-methyl/N-ethyl adjacent to an activating group) is 1. The van der Waals surface area contributed by atoms with Crippen LogP contribution in [0, 0.1) is 13.8 Å². The molecule has 2 aromatic rings. The van der Waals surface area contributed by atoms with Crippen molar-refractivity contribution in [2.75, 3.05) is 18.9 Å². The Morgan fingerprint density at radius 1 is 1.26 bits per heavy atom. The number of benzene rings is 1. The summed E-state index contributed by atoms with van der Waals surface area (Å²) in [6.45, 7) is 6.85. The maximum Gasteiger partial charge on any atom is 0.321 e. The summed E-state index contributed by atoms with van der Waals surface area (Å²) in [5, 5.41) is 7.34. The second kappa shape index (κ2) is 7.31. The lowest BCUT2D eigenvalue weighted by Gasteiger charge is -2.18. The third-order valence-corrected chi connectivity index (χ3v) is 4.32. The summed E-state index contributed by atoms with van der Waals surface area (Å²) >= 11 is 0. The highest BCUT2D eigenvalue weighted by atomic mass is 16.2. The summed E-state index contributed by atoms with van der Waals surface area (Å²) < 4.78 is 1.89. The first kappa shape index (κ1) is 17.1. The van der Waals surface area contributed by atoms with E-state index in [2.05, 4.69) is 24.3 Å². The lowest BCUT2D eigenvalue weighted by Crippen LogP contribution is -2.33. The van der Waals surface area contributed by atoms with Crippen molar-refractivity contribution in [1.29, 1.82) is 0 Å². The number of nitrogens with one attached hydrogen (secondary N) is 1. The first-order valence-electron chi connectivity index (χ1n) is 8.02. The van der Waals surface area contributed by atoms with Crippen LogP contribution < -0.4 is 5.32 Å². The maximum atomic E-state index is 12.3. The Bertz CT molecular complexity index is 673. The number of rotatable bonds is 5. The van der Waals surface area contributed by atoms with E-state index in [1.165, 1.54) is 11.1 Å². The van der Waals surface area contributed by atoms with Crippen LogP contribution in [0.2, 0.25) is 0 Å². The predicted molar refractivity (Wildman–Crippen MR) is 93.9 cm³/mol. The summed E-state index contributed by atoms with van der Waals surface area (Å²) in [7, 11) is 3.76. The summed E-state index contributed by atoms with van der Waals surface area (Å²) in [4.78, 5) is 14.0. The number of aryl methyl sites for hydroxylation is 3. The van der Waals surface area contributed by atoms with Gasteiger partial charge in [-0.05, 0) is 49.9 Å². The Balaban J connectivity index is 1.91. The fourth-order valence-electron chi connectivity index (χ4n) is 2.60. The second-order valence-electron chi connectivity index (χ2n) is 5.93. The molecule has 23 heavy (non-hydrogen) atoms. The topological polar surface area (TPSA) is 50.2 Å². The number of amides is 2. The van der Waals surface area contributed by atoms with Crippen LogP contribution >= 0.6 is 0 Å². The Hall–Kier alpha value is -2.30. The van der Waals surface area contributed by atoms with E-state index in [9.17, 15) is 4.79 Å². The van der Waals surface area contributed by atoms with Crippen molar-refractivity contribution < 1.29 is 4.79 Å². The van der Waals surface area contributed by atoms with Crippen molar-refractivity contribution in [3.8, 4) is 0 Å². The first-order chi connectivity index (χ1) is 10.9. The molecule has 0 aliphatic carbocycles. The van der Waals surface area contributed by atoms with Crippen LogP contribution in [-0.2, 0) is 19.9 Å². The SMILES string of the molecule is CCc1ccc(NC(=O)N(C)CCc2c(C)nn(C)c2C)cc1. The molecule has 0 spiro atoms. The Labute approximate surface area is 138 Å². The normalized spacial score (nSPS) is 10.7. The third-order valence-electron chi connectivity index (χ3n) is 4.32. The molecular formula is C18H26N4O. The average Bonchev–Trinajstić information content (AvgIpc) is 2.78. The molecule has 0 aliphatic rings. The minimum atomic E-state index is -0.0894. The fraction of sp³-hybridized carbons (Fsp3) is 0.444. The molecule has 5 nitrogen and oxygen atoms in total. The molecule has 0 unspecified atom stereocenters. The van der Waals surface area contributed by atoms with Crippen molar-refractivity contribution in [3.05, 3.63) is 46.8 Å². The molecule has 0 aliphatic heterocycles. The molecule has 0 radical (unpaired) electrons. The molecule has 0 atom stereocenters.